The second-order valence-corrected chi connectivity index (χ2v) is 9.58. The molecule has 0 saturated heterocycles. The fraction of sp³-hybridized carbons (Fsp3) is 0.208. The molecular formula is C24H22ClN3O2S2. The third kappa shape index (κ3) is 5.23. The topological polar surface area (TPSA) is 64.0 Å². The molecule has 32 heavy (non-hydrogen) atoms. The van der Waals surface area contributed by atoms with E-state index in [2.05, 4.69) is 17.2 Å². The van der Waals surface area contributed by atoms with Gasteiger partial charge in [0.15, 0.2) is 5.16 Å². The lowest BCUT2D eigenvalue weighted by Gasteiger charge is -2.12. The van der Waals surface area contributed by atoms with E-state index in [4.69, 9.17) is 11.6 Å². The number of thioether (sulfide) groups is 1. The average molecular weight is 484 g/mol. The van der Waals surface area contributed by atoms with E-state index in [1.165, 1.54) is 33.2 Å². The Morgan fingerprint density at radius 2 is 1.88 bits per heavy atom. The number of aromatic nitrogens is 2. The van der Waals surface area contributed by atoms with Crippen LogP contribution in [-0.4, -0.2) is 21.2 Å². The maximum Gasteiger partial charge on any atom is 0.276 e. The summed E-state index contributed by atoms with van der Waals surface area (Å²) in [6.45, 7) is 2.17. The van der Waals surface area contributed by atoms with Crippen LogP contribution in [0.4, 0.5) is 5.69 Å². The predicted octanol–water partition coefficient (Wildman–Crippen LogP) is 6.17. The first-order chi connectivity index (χ1) is 15.5. The van der Waals surface area contributed by atoms with Crippen LogP contribution in [0.1, 0.15) is 25.3 Å². The number of benzene rings is 2. The minimum absolute atomic E-state index is 0.132. The Hall–Kier alpha value is -2.61. The van der Waals surface area contributed by atoms with Crippen LogP contribution in [0.25, 0.3) is 15.9 Å². The molecule has 0 aliphatic carbocycles. The van der Waals surface area contributed by atoms with Gasteiger partial charge >= 0.3 is 0 Å². The van der Waals surface area contributed by atoms with Crippen molar-refractivity contribution in [1.29, 1.82) is 0 Å². The monoisotopic (exact) mass is 483 g/mol. The summed E-state index contributed by atoms with van der Waals surface area (Å²) in [6.07, 6.45) is 3.35. The second kappa shape index (κ2) is 10.3. The van der Waals surface area contributed by atoms with Crippen LogP contribution in [-0.2, 0) is 11.2 Å². The molecule has 8 heteroatoms. The molecule has 1 N–H and O–H groups in total. The molecule has 0 fully saturated rings. The lowest BCUT2D eigenvalue weighted by atomic mass is 10.1. The number of fused-ring (bicyclic) bond motifs is 1. The van der Waals surface area contributed by atoms with Crippen molar-refractivity contribution in [2.24, 2.45) is 0 Å². The molecular weight excluding hydrogens is 462 g/mol. The van der Waals surface area contributed by atoms with Crippen molar-refractivity contribution in [3.8, 4) is 5.69 Å². The van der Waals surface area contributed by atoms with Crippen molar-refractivity contribution in [1.82, 2.24) is 9.55 Å². The number of halogens is 1. The number of nitrogens with one attached hydrogen (secondary N) is 1. The summed E-state index contributed by atoms with van der Waals surface area (Å²) in [5.74, 6) is -0.0218. The Bertz CT molecular complexity index is 1280. The van der Waals surface area contributed by atoms with Crippen molar-refractivity contribution in [2.75, 3.05) is 11.1 Å². The molecule has 5 nitrogen and oxygen atoms in total. The van der Waals surface area contributed by atoms with Crippen LogP contribution in [0.3, 0.4) is 0 Å². The minimum atomic E-state index is -0.155. The van der Waals surface area contributed by atoms with Gasteiger partial charge in [-0.3, -0.25) is 14.2 Å². The number of anilines is 1. The van der Waals surface area contributed by atoms with Gasteiger partial charge in [-0.25, -0.2) is 4.98 Å². The molecule has 0 atom stereocenters. The fourth-order valence-electron chi connectivity index (χ4n) is 3.27. The molecule has 0 spiro atoms. The van der Waals surface area contributed by atoms with Gasteiger partial charge in [-0.2, -0.15) is 0 Å². The molecule has 0 aliphatic rings. The van der Waals surface area contributed by atoms with E-state index in [9.17, 15) is 9.59 Å². The number of carbonyl (C=O) groups excluding carboxylic acids is 1. The highest BCUT2D eigenvalue weighted by molar-refractivity contribution is 7.99. The van der Waals surface area contributed by atoms with Crippen LogP contribution in [0.2, 0.25) is 5.02 Å². The lowest BCUT2D eigenvalue weighted by molar-refractivity contribution is -0.113. The van der Waals surface area contributed by atoms with Crippen molar-refractivity contribution >= 4 is 56.5 Å². The fourth-order valence-corrected chi connectivity index (χ4v) is 4.97. The zero-order valence-corrected chi connectivity index (χ0v) is 19.9. The molecule has 0 unspecified atom stereocenters. The lowest BCUT2D eigenvalue weighted by Crippen LogP contribution is -2.22. The molecule has 0 saturated carbocycles. The Kier molecular flexibility index (Phi) is 7.29. The summed E-state index contributed by atoms with van der Waals surface area (Å²) in [5.41, 5.74) is 3.16. The highest BCUT2D eigenvalue weighted by Gasteiger charge is 2.16. The number of hydrogen-bond donors (Lipinski definition) is 1. The van der Waals surface area contributed by atoms with E-state index in [0.717, 1.165) is 24.9 Å². The number of hydrogen-bond acceptors (Lipinski definition) is 5. The first kappa shape index (κ1) is 22.6. The zero-order valence-electron chi connectivity index (χ0n) is 17.5. The number of aryl methyl sites for hydroxylation is 1. The highest BCUT2D eigenvalue weighted by Crippen LogP contribution is 2.24. The average Bonchev–Trinajstić information content (AvgIpc) is 3.27. The van der Waals surface area contributed by atoms with E-state index in [1.54, 1.807) is 24.3 Å². The number of amides is 1. The summed E-state index contributed by atoms with van der Waals surface area (Å²) < 4.78 is 2.12. The number of rotatable bonds is 8. The Morgan fingerprint density at radius 1 is 1.12 bits per heavy atom. The standard InChI is InChI=1S/C24H22ClN3O2S2/c1-2-3-4-16-5-9-18(10-6-16)26-21(29)15-32-24-27-20-13-14-31-22(20)23(30)28(24)19-11-7-17(25)8-12-19/h5-14H,2-4,15H2,1H3,(H,26,29). The van der Waals surface area contributed by atoms with Gasteiger partial charge in [-0.15, -0.1) is 11.3 Å². The van der Waals surface area contributed by atoms with E-state index < -0.39 is 0 Å². The van der Waals surface area contributed by atoms with Gasteiger partial charge in [0.05, 0.1) is 17.0 Å². The molecule has 0 bridgehead atoms. The number of unbranched alkanes of at least 4 members (excludes halogenated alkanes) is 1. The van der Waals surface area contributed by atoms with Gasteiger partial charge in [-0.05, 0) is 66.2 Å². The maximum atomic E-state index is 13.1. The number of nitrogens with zero attached hydrogens (tertiary/aromatic N) is 2. The minimum Gasteiger partial charge on any atom is -0.325 e. The van der Waals surface area contributed by atoms with Gasteiger partial charge < -0.3 is 5.32 Å². The third-order valence-electron chi connectivity index (χ3n) is 4.92. The van der Waals surface area contributed by atoms with Crippen molar-refractivity contribution in [2.45, 2.75) is 31.3 Å². The molecule has 2 heterocycles. The molecule has 1 amide bonds. The third-order valence-corrected chi connectivity index (χ3v) is 7.01. The van der Waals surface area contributed by atoms with Crippen LogP contribution >= 0.6 is 34.7 Å². The van der Waals surface area contributed by atoms with Gasteiger partial charge in [0, 0.05) is 10.7 Å². The Labute approximate surface area is 199 Å². The Balaban J connectivity index is 1.52. The predicted molar refractivity (Wildman–Crippen MR) is 135 cm³/mol. The summed E-state index contributed by atoms with van der Waals surface area (Å²) >= 11 is 8.60. The SMILES string of the molecule is CCCCc1ccc(NC(=O)CSc2nc3ccsc3c(=O)n2-c2ccc(Cl)cc2)cc1. The second-order valence-electron chi connectivity index (χ2n) is 7.28. The van der Waals surface area contributed by atoms with E-state index >= 15 is 0 Å². The van der Waals surface area contributed by atoms with Gasteiger partial charge in [-0.1, -0.05) is 48.8 Å². The Morgan fingerprint density at radius 3 is 2.59 bits per heavy atom. The normalized spacial score (nSPS) is 11.1. The number of carbonyl (C=O) groups is 1. The molecule has 0 radical (unpaired) electrons. The number of thiophene rings is 1. The molecule has 164 valence electrons. The first-order valence-electron chi connectivity index (χ1n) is 10.3. The molecule has 4 aromatic rings. The van der Waals surface area contributed by atoms with Crippen LogP contribution in [0.5, 0.6) is 0 Å². The van der Waals surface area contributed by atoms with Crippen LogP contribution in [0.15, 0.2) is 69.9 Å². The quantitative estimate of drug-likeness (QED) is 0.240. The van der Waals surface area contributed by atoms with Crippen LogP contribution in [0, 0.1) is 0 Å². The van der Waals surface area contributed by atoms with E-state index in [0.29, 0.717) is 26.1 Å². The summed E-state index contributed by atoms with van der Waals surface area (Å²) in [5, 5.41) is 5.81. The highest BCUT2D eigenvalue weighted by atomic mass is 35.5. The molecule has 4 rings (SSSR count). The van der Waals surface area contributed by atoms with Gasteiger partial charge in [0.2, 0.25) is 5.91 Å². The smallest absolute Gasteiger partial charge is 0.276 e. The van der Waals surface area contributed by atoms with Gasteiger partial charge in [0.25, 0.3) is 5.56 Å². The van der Waals surface area contributed by atoms with Crippen LogP contribution < -0.4 is 10.9 Å². The largest absolute Gasteiger partial charge is 0.325 e. The first-order valence-corrected chi connectivity index (χ1v) is 12.6. The van der Waals surface area contributed by atoms with Gasteiger partial charge in [0.1, 0.15) is 4.70 Å². The van der Waals surface area contributed by atoms with Crippen molar-refractivity contribution in [3.63, 3.8) is 0 Å². The van der Waals surface area contributed by atoms with E-state index in [-0.39, 0.29) is 17.2 Å². The maximum absolute atomic E-state index is 13.1. The summed E-state index contributed by atoms with van der Waals surface area (Å²) in [7, 11) is 0. The molecule has 0 aliphatic heterocycles. The zero-order chi connectivity index (χ0) is 22.5. The molecule has 2 aromatic heterocycles. The summed E-state index contributed by atoms with van der Waals surface area (Å²) in [6, 6.07) is 16.8. The molecule has 2 aromatic carbocycles. The van der Waals surface area contributed by atoms with E-state index in [1.807, 2.05) is 35.7 Å². The van der Waals surface area contributed by atoms with Crippen molar-refractivity contribution in [3.05, 3.63) is 80.9 Å². The van der Waals surface area contributed by atoms with Crippen molar-refractivity contribution < 1.29 is 4.79 Å². The summed E-state index contributed by atoms with van der Waals surface area (Å²) in [4.78, 5) is 30.3.